The molecule has 0 unspecified atom stereocenters. The molecule has 2 atom stereocenters. The number of amides is 1. The van der Waals surface area contributed by atoms with E-state index in [4.69, 9.17) is 0 Å². The van der Waals surface area contributed by atoms with Crippen molar-refractivity contribution >= 4 is 17.2 Å². The van der Waals surface area contributed by atoms with Gasteiger partial charge in [-0.15, -0.1) is 11.3 Å². The largest absolute Gasteiger partial charge is 0.391 e. The van der Waals surface area contributed by atoms with Gasteiger partial charge >= 0.3 is 0 Å². The van der Waals surface area contributed by atoms with Gasteiger partial charge in [0.2, 0.25) is 0 Å². The number of thiophene rings is 1. The molecule has 0 aromatic carbocycles. The fraction of sp³-hybridized carbons (Fsp3) is 0.688. The molecule has 0 spiro atoms. The molecule has 1 N–H and O–H groups in total. The van der Waals surface area contributed by atoms with Gasteiger partial charge in [-0.05, 0) is 42.7 Å². The number of rotatable bonds is 3. The summed E-state index contributed by atoms with van der Waals surface area (Å²) < 4.78 is 0. The van der Waals surface area contributed by atoms with Crippen LogP contribution >= 0.6 is 11.3 Å². The number of carbonyl (C=O) groups is 1. The van der Waals surface area contributed by atoms with Gasteiger partial charge in [0.15, 0.2) is 0 Å². The summed E-state index contributed by atoms with van der Waals surface area (Å²) in [7, 11) is 0. The number of carbonyl (C=O) groups excluding carboxylic acids is 1. The summed E-state index contributed by atoms with van der Waals surface area (Å²) in [6, 6.07) is 2.37. The molecule has 1 aliphatic heterocycles. The molecular weight excluding hydrogens is 284 g/mol. The van der Waals surface area contributed by atoms with E-state index in [1.54, 1.807) is 11.3 Å². The zero-order valence-corrected chi connectivity index (χ0v) is 13.4. The average molecular weight is 308 g/mol. The van der Waals surface area contributed by atoms with Crippen LogP contribution in [0.2, 0.25) is 0 Å². The van der Waals surface area contributed by atoms with Crippen LogP contribution in [-0.2, 0) is 6.42 Å². The zero-order valence-electron chi connectivity index (χ0n) is 12.6. The highest BCUT2D eigenvalue weighted by Gasteiger charge is 2.33. The molecule has 1 saturated carbocycles. The Balaban J connectivity index is 1.59. The zero-order chi connectivity index (χ0) is 14.8. The van der Waals surface area contributed by atoms with Gasteiger partial charge in [-0.1, -0.05) is 6.92 Å². The van der Waals surface area contributed by atoms with Crippen molar-refractivity contribution in [3.63, 3.8) is 0 Å². The third-order valence-electron chi connectivity index (χ3n) is 4.84. The molecule has 5 heteroatoms. The summed E-state index contributed by atoms with van der Waals surface area (Å²) in [5.74, 6) is 0.188. The van der Waals surface area contributed by atoms with Crippen molar-refractivity contribution in [1.29, 1.82) is 0 Å². The Hall–Kier alpha value is -0.910. The first-order chi connectivity index (χ1) is 10.2. The summed E-state index contributed by atoms with van der Waals surface area (Å²) in [5, 5.41) is 12.0. The van der Waals surface area contributed by atoms with E-state index in [9.17, 15) is 9.90 Å². The molecule has 1 aromatic heterocycles. The van der Waals surface area contributed by atoms with Crippen LogP contribution in [0.1, 0.15) is 41.4 Å². The van der Waals surface area contributed by atoms with Gasteiger partial charge in [0.1, 0.15) is 0 Å². The number of hydrogen-bond acceptors (Lipinski definition) is 4. The molecule has 0 radical (unpaired) electrons. The number of aliphatic hydroxyl groups excluding tert-OH is 1. The smallest absolute Gasteiger partial charge is 0.264 e. The van der Waals surface area contributed by atoms with Crippen molar-refractivity contribution < 1.29 is 9.90 Å². The van der Waals surface area contributed by atoms with E-state index in [1.807, 2.05) is 10.3 Å². The number of aliphatic hydroxyl groups is 1. The molecule has 2 aliphatic rings. The van der Waals surface area contributed by atoms with E-state index in [0.29, 0.717) is 6.04 Å². The third-order valence-corrected chi connectivity index (χ3v) is 5.78. The van der Waals surface area contributed by atoms with E-state index in [-0.39, 0.29) is 12.0 Å². The summed E-state index contributed by atoms with van der Waals surface area (Å²) in [6.07, 6.45) is 3.90. The number of nitrogens with zero attached hydrogens (tertiary/aromatic N) is 2. The summed E-state index contributed by atoms with van der Waals surface area (Å²) >= 11 is 1.56. The van der Waals surface area contributed by atoms with Crippen LogP contribution in [0.15, 0.2) is 11.4 Å². The molecular formula is C16H24N2O2S. The molecule has 1 saturated heterocycles. The lowest BCUT2D eigenvalue weighted by Crippen LogP contribution is -2.53. The van der Waals surface area contributed by atoms with Crippen LogP contribution in [-0.4, -0.2) is 59.1 Å². The molecule has 2 fully saturated rings. The lowest BCUT2D eigenvalue weighted by Gasteiger charge is -2.39. The average Bonchev–Trinajstić information content (AvgIpc) is 3.15. The second-order valence-electron chi connectivity index (χ2n) is 6.02. The predicted octanol–water partition coefficient (Wildman–Crippen LogP) is 1.98. The van der Waals surface area contributed by atoms with Crippen molar-refractivity contribution in [3.05, 3.63) is 21.9 Å². The first kappa shape index (κ1) is 15.0. The second kappa shape index (κ2) is 6.46. The highest BCUT2D eigenvalue weighted by molar-refractivity contribution is 7.12. The molecule has 0 bridgehead atoms. The SMILES string of the molecule is CCc1ccsc1C(=O)N1CCN([C@H]2CCC[C@@H]2O)CC1. The minimum absolute atomic E-state index is 0.170. The van der Waals surface area contributed by atoms with E-state index in [1.165, 1.54) is 5.56 Å². The minimum atomic E-state index is -0.170. The first-order valence-corrected chi connectivity index (χ1v) is 8.86. The van der Waals surface area contributed by atoms with Gasteiger partial charge in [0, 0.05) is 32.2 Å². The molecule has 3 rings (SSSR count). The van der Waals surface area contributed by atoms with E-state index < -0.39 is 0 Å². The lowest BCUT2D eigenvalue weighted by atomic mass is 10.1. The van der Waals surface area contributed by atoms with Gasteiger partial charge in [0.05, 0.1) is 11.0 Å². The maximum atomic E-state index is 12.6. The summed E-state index contributed by atoms with van der Waals surface area (Å²) in [5.41, 5.74) is 1.17. The molecule has 116 valence electrons. The van der Waals surface area contributed by atoms with Crippen molar-refractivity contribution in [1.82, 2.24) is 9.80 Å². The van der Waals surface area contributed by atoms with Crippen LogP contribution in [0.5, 0.6) is 0 Å². The van der Waals surface area contributed by atoms with Crippen molar-refractivity contribution in [2.75, 3.05) is 26.2 Å². The topological polar surface area (TPSA) is 43.8 Å². The number of piperazine rings is 1. The molecule has 21 heavy (non-hydrogen) atoms. The quantitative estimate of drug-likeness (QED) is 0.928. The van der Waals surface area contributed by atoms with Crippen molar-refractivity contribution in [3.8, 4) is 0 Å². The van der Waals surface area contributed by atoms with Crippen molar-refractivity contribution in [2.24, 2.45) is 0 Å². The Labute approximate surface area is 130 Å². The van der Waals surface area contributed by atoms with Gasteiger partial charge in [-0.3, -0.25) is 9.69 Å². The van der Waals surface area contributed by atoms with Crippen LogP contribution in [0.3, 0.4) is 0 Å². The Morgan fingerprint density at radius 1 is 1.33 bits per heavy atom. The van der Waals surface area contributed by atoms with E-state index in [2.05, 4.69) is 17.9 Å². The highest BCUT2D eigenvalue weighted by Crippen LogP contribution is 2.26. The highest BCUT2D eigenvalue weighted by atomic mass is 32.1. The Morgan fingerprint density at radius 2 is 2.10 bits per heavy atom. The maximum Gasteiger partial charge on any atom is 0.264 e. The van der Waals surface area contributed by atoms with E-state index in [0.717, 1.165) is 56.7 Å². The first-order valence-electron chi connectivity index (χ1n) is 7.98. The number of hydrogen-bond donors (Lipinski definition) is 1. The predicted molar refractivity (Wildman–Crippen MR) is 84.8 cm³/mol. The van der Waals surface area contributed by atoms with E-state index >= 15 is 0 Å². The van der Waals surface area contributed by atoms with Crippen LogP contribution in [0, 0.1) is 0 Å². The van der Waals surface area contributed by atoms with Crippen molar-refractivity contribution in [2.45, 2.75) is 44.8 Å². The van der Waals surface area contributed by atoms with Crippen LogP contribution in [0.25, 0.3) is 0 Å². The fourth-order valence-electron chi connectivity index (χ4n) is 3.55. The summed E-state index contributed by atoms with van der Waals surface area (Å²) in [6.45, 7) is 5.44. The molecule has 2 heterocycles. The van der Waals surface area contributed by atoms with Gasteiger partial charge in [-0.2, -0.15) is 0 Å². The summed E-state index contributed by atoms with van der Waals surface area (Å²) in [4.78, 5) is 17.9. The molecule has 4 nitrogen and oxygen atoms in total. The number of aryl methyl sites for hydroxylation is 1. The second-order valence-corrected chi connectivity index (χ2v) is 6.94. The van der Waals surface area contributed by atoms with Gasteiger partial charge in [0.25, 0.3) is 5.91 Å². The fourth-order valence-corrected chi connectivity index (χ4v) is 4.51. The minimum Gasteiger partial charge on any atom is -0.391 e. The molecule has 1 aliphatic carbocycles. The molecule has 1 amide bonds. The normalized spacial score (nSPS) is 27.2. The Kier molecular flexibility index (Phi) is 4.62. The maximum absolute atomic E-state index is 12.6. The Morgan fingerprint density at radius 3 is 2.71 bits per heavy atom. The van der Waals surface area contributed by atoms with Crippen LogP contribution < -0.4 is 0 Å². The molecule has 1 aromatic rings. The van der Waals surface area contributed by atoms with Gasteiger partial charge in [-0.25, -0.2) is 0 Å². The standard InChI is InChI=1S/C16H24N2O2S/c1-2-12-6-11-21-15(12)16(20)18-9-7-17(8-10-18)13-4-3-5-14(13)19/h6,11,13-14,19H,2-5,7-10H2,1H3/t13-,14-/m0/s1. The lowest BCUT2D eigenvalue weighted by molar-refractivity contribution is 0.0317. The van der Waals surface area contributed by atoms with Gasteiger partial charge < -0.3 is 10.0 Å². The third kappa shape index (κ3) is 3.00. The van der Waals surface area contributed by atoms with Crippen LogP contribution in [0.4, 0.5) is 0 Å². The monoisotopic (exact) mass is 308 g/mol. The Bertz CT molecular complexity index is 494.